The number of carbonyl (C=O) groups excluding carboxylic acids is 2. The molecule has 20 heavy (non-hydrogen) atoms. The molecule has 2 rings (SSSR count). The van der Waals surface area contributed by atoms with E-state index in [-0.39, 0.29) is 11.9 Å². The van der Waals surface area contributed by atoms with E-state index in [1.807, 2.05) is 31.2 Å². The standard InChI is InChI=1S/C16H20O4/c1-4-19-14(17)13-10-16(13,15(18)20-5-2)12-8-6-11(3)7-9-12/h6-9,13H,4-5,10H2,1-3H3/t13-,16-/m1/s1. The monoisotopic (exact) mass is 276 g/mol. The summed E-state index contributed by atoms with van der Waals surface area (Å²) in [6.07, 6.45) is 0.466. The highest BCUT2D eigenvalue weighted by molar-refractivity contribution is 5.96. The van der Waals surface area contributed by atoms with Crippen LogP contribution in [0.1, 0.15) is 31.4 Å². The van der Waals surface area contributed by atoms with Gasteiger partial charge in [0.2, 0.25) is 0 Å². The molecule has 2 atom stereocenters. The van der Waals surface area contributed by atoms with E-state index < -0.39 is 11.3 Å². The maximum atomic E-state index is 12.3. The first-order valence-electron chi connectivity index (χ1n) is 6.97. The molecule has 1 saturated carbocycles. The van der Waals surface area contributed by atoms with Gasteiger partial charge in [0.15, 0.2) is 0 Å². The summed E-state index contributed by atoms with van der Waals surface area (Å²) in [6, 6.07) is 7.67. The second-order valence-corrected chi connectivity index (χ2v) is 5.07. The fourth-order valence-corrected chi connectivity index (χ4v) is 2.56. The Balaban J connectivity index is 2.30. The molecule has 0 N–H and O–H groups in total. The van der Waals surface area contributed by atoms with Crippen LogP contribution in [0.3, 0.4) is 0 Å². The Labute approximate surface area is 119 Å². The molecule has 0 heterocycles. The zero-order chi connectivity index (χ0) is 14.8. The van der Waals surface area contributed by atoms with E-state index in [0.29, 0.717) is 19.6 Å². The lowest BCUT2D eigenvalue weighted by Gasteiger charge is -2.16. The van der Waals surface area contributed by atoms with Gasteiger partial charge in [-0.3, -0.25) is 9.59 Å². The highest BCUT2D eigenvalue weighted by Gasteiger charge is 2.66. The van der Waals surface area contributed by atoms with Crippen molar-refractivity contribution in [1.82, 2.24) is 0 Å². The van der Waals surface area contributed by atoms with Gasteiger partial charge in [-0.1, -0.05) is 29.8 Å². The molecule has 4 nitrogen and oxygen atoms in total. The number of carbonyl (C=O) groups is 2. The number of benzene rings is 1. The zero-order valence-electron chi connectivity index (χ0n) is 12.1. The molecule has 108 valence electrons. The summed E-state index contributed by atoms with van der Waals surface area (Å²) in [7, 11) is 0. The van der Waals surface area contributed by atoms with Gasteiger partial charge in [-0.15, -0.1) is 0 Å². The summed E-state index contributed by atoms with van der Waals surface area (Å²) < 4.78 is 10.2. The van der Waals surface area contributed by atoms with Crippen molar-refractivity contribution in [3.05, 3.63) is 35.4 Å². The average molecular weight is 276 g/mol. The van der Waals surface area contributed by atoms with Crippen LogP contribution in [-0.2, 0) is 24.5 Å². The quantitative estimate of drug-likeness (QED) is 0.775. The Morgan fingerprint density at radius 2 is 1.75 bits per heavy atom. The van der Waals surface area contributed by atoms with Crippen LogP contribution in [-0.4, -0.2) is 25.2 Å². The Bertz CT molecular complexity index is 506. The smallest absolute Gasteiger partial charge is 0.317 e. The Morgan fingerprint density at radius 3 is 2.30 bits per heavy atom. The zero-order valence-corrected chi connectivity index (χ0v) is 12.1. The van der Waals surface area contributed by atoms with Gasteiger partial charge in [0.05, 0.1) is 19.1 Å². The lowest BCUT2D eigenvalue weighted by molar-refractivity contribution is -0.152. The summed E-state index contributed by atoms with van der Waals surface area (Å²) in [5.74, 6) is -1.08. The molecule has 1 fully saturated rings. The number of aryl methyl sites for hydroxylation is 1. The van der Waals surface area contributed by atoms with Crippen LogP contribution in [0, 0.1) is 12.8 Å². The lowest BCUT2D eigenvalue weighted by Crippen LogP contribution is -2.28. The lowest BCUT2D eigenvalue weighted by atomic mass is 9.92. The third-order valence-electron chi connectivity index (χ3n) is 3.74. The van der Waals surface area contributed by atoms with Crippen molar-refractivity contribution in [3.8, 4) is 0 Å². The van der Waals surface area contributed by atoms with Crippen LogP contribution in [0.2, 0.25) is 0 Å². The summed E-state index contributed by atoms with van der Waals surface area (Å²) in [6.45, 7) is 6.14. The van der Waals surface area contributed by atoms with Gasteiger partial charge < -0.3 is 9.47 Å². The van der Waals surface area contributed by atoms with Crippen molar-refractivity contribution in [2.45, 2.75) is 32.6 Å². The van der Waals surface area contributed by atoms with E-state index in [1.54, 1.807) is 13.8 Å². The fraction of sp³-hybridized carbons (Fsp3) is 0.500. The number of hydrogen-bond donors (Lipinski definition) is 0. The first-order valence-corrected chi connectivity index (χ1v) is 6.97. The van der Waals surface area contributed by atoms with Gasteiger partial charge in [-0.05, 0) is 32.8 Å². The van der Waals surface area contributed by atoms with E-state index >= 15 is 0 Å². The van der Waals surface area contributed by atoms with Gasteiger partial charge in [-0.2, -0.15) is 0 Å². The van der Waals surface area contributed by atoms with Gasteiger partial charge in [0.1, 0.15) is 5.41 Å². The van der Waals surface area contributed by atoms with Crippen LogP contribution < -0.4 is 0 Å². The highest BCUT2D eigenvalue weighted by Crippen LogP contribution is 2.55. The van der Waals surface area contributed by atoms with Gasteiger partial charge in [0, 0.05) is 0 Å². The largest absolute Gasteiger partial charge is 0.466 e. The van der Waals surface area contributed by atoms with E-state index in [1.165, 1.54) is 0 Å². The van der Waals surface area contributed by atoms with E-state index in [4.69, 9.17) is 9.47 Å². The molecule has 1 aliphatic rings. The average Bonchev–Trinajstić information content (AvgIpc) is 3.17. The molecule has 1 aromatic carbocycles. The minimum absolute atomic E-state index is 0.308. The van der Waals surface area contributed by atoms with Crippen molar-refractivity contribution in [2.24, 2.45) is 5.92 Å². The molecule has 0 spiro atoms. The van der Waals surface area contributed by atoms with Crippen molar-refractivity contribution in [1.29, 1.82) is 0 Å². The molecule has 1 aromatic rings. The van der Waals surface area contributed by atoms with Crippen LogP contribution in [0.25, 0.3) is 0 Å². The molecular formula is C16H20O4. The van der Waals surface area contributed by atoms with Crippen LogP contribution in [0.5, 0.6) is 0 Å². The Hall–Kier alpha value is -1.84. The molecule has 0 aliphatic heterocycles. The maximum absolute atomic E-state index is 12.3. The van der Waals surface area contributed by atoms with E-state index in [9.17, 15) is 9.59 Å². The minimum atomic E-state index is -0.851. The third kappa shape index (κ3) is 2.42. The van der Waals surface area contributed by atoms with Crippen molar-refractivity contribution >= 4 is 11.9 Å². The second-order valence-electron chi connectivity index (χ2n) is 5.07. The first-order chi connectivity index (χ1) is 9.56. The van der Waals surface area contributed by atoms with Gasteiger partial charge in [-0.25, -0.2) is 0 Å². The predicted molar refractivity (Wildman–Crippen MR) is 74.2 cm³/mol. The molecule has 0 saturated heterocycles. The van der Waals surface area contributed by atoms with Crippen molar-refractivity contribution in [2.75, 3.05) is 13.2 Å². The molecule has 0 bridgehead atoms. The fourth-order valence-electron chi connectivity index (χ4n) is 2.56. The van der Waals surface area contributed by atoms with Crippen molar-refractivity contribution < 1.29 is 19.1 Å². The maximum Gasteiger partial charge on any atom is 0.317 e. The van der Waals surface area contributed by atoms with Gasteiger partial charge >= 0.3 is 11.9 Å². The predicted octanol–water partition coefficient (Wildman–Crippen LogP) is 2.38. The summed E-state index contributed by atoms with van der Waals surface area (Å²) in [5.41, 5.74) is 1.09. The Morgan fingerprint density at radius 1 is 1.15 bits per heavy atom. The van der Waals surface area contributed by atoms with Crippen LogP contribution in [0.4, 0.5) is 0 Å². The number of ether oxygens (including phenoxy) is 2. The minimum Gasteiger partial charge on any atom is -0.466 e. The molecule has 0 amide bonds. The normalized spacial score (nSPS) is 24.1. The summed E-state index contributed by atoms with van der Waals surface area (Å²) in [5, 5.41) is 0. The summed E-state index contributed by atoms with van der Waals surface area (Å²) in [4.78, 5) is 24.2. The Kier molecular flexibility index (Phi) is 4.12. The second kappa shape index (κ2) is 5.65. The highest BCUT2D eigenvalue weighted by atomic mass is 16.5. The third-order valence-corrected chi connectivity index (χ3v) is 3.74. The number of esters is 2. The van der Waals surface area contributed by atoms with Gasteiger partial charge in [0.25, 0.3) is 0 Å². The molecule has 1 aliphatic carbocycles. The van der Waals surface area contributed by atoms with Crippen LogP contribution in [0.15, 0.2) is 24.3 Å². The van der Waals surface area contributed by atoms with E-state index in [0.717, 1.165) is 11.1 Å². The molecule has 0 unspecified atom stereocenters. The SMILES string of the molecule is CCOC(=O)[C@H]1C[C@@]1(C(=O)OCC)c1ccc(C)cc1. The summed E-state index contributed by atoms with van der Waals surface area (Å²) >= 11 is 0. The topological polar surface area (TPSA) is 52.6 Å². The number of rotatable bonds is 5. The molecule has 4 heteroatoms. The molecule has 0 radical (unpaired) electrons. The van der Waals surface area contributed by atoms with Crippen LogP contribution >= 0.6 is 0 Å². The number of hydrogen-bond acceptors (Lipinski definition) is 4. The van der Waals surface area contributed by atoms with E-state index in [2.05, 4.69) is 0 Å². The molecular weight excluding hydrogens is 256 g/mol. The van der Waals surface area contributed by atoms with Crippen molar-refractivity contribution in [3.63, 3.8) is 0 Å². The first kappa shape index (κ1) is 14.6. The molecule has 0 aromatic heterocycles.